The molecule has 3 N–H and O–H groups in total. The summed E-state index contributed by atoms with van der Waals surface area (Å²) in [7, 11) is 0. The zero-order valence-electron chi connectivity index (χ0n) is 9.21. The maximum atomic E-state index is 12.0. The minimum Gasteiger partial charge on any atom is -0.508 e. The molecule has 1 unspecified atom stereocenters. The number of carbonyl (C=O) groups is 1. The van der Waals surface area contributed by atoms with Crippen LogP contribution >= 0.6 is 0 Å². The second-order valence-corrected chi connectivity index (χ2v) is 3.80. The molecular formula is C14H13NO2. The van der Waals surface area contributed by atoms with Gasteiger partial charge >= 0.3 is 0 Å². The van der Waals surface area contributed by atoms with E-state index in [0.29, 0.717) is 11.1 Å². The Hall–Kier alpha value is -2.13. The summed E-state index contributed by atoms with van der Waals surface area (Å²) >= 11 is 0. The third-order valence-corrected chi connectivity index (χ3v) is 2.57. The molecule has 0 fully saturated rings. The van der Waals surface area contributed by atoms with Crippen molar-refractivity contribution in [2.24, 2.45) is 5.73 Å². The van der Waals surface area contributed by atoms with Crippen LogP contribution in [-0.4, -0.2) is 10.9 Å². The number of phenolic OH excluding ortho intramolecular Hbond substituents is 1. The van der Waals surface area contributed by atoms with Crippen LogP contribution in [-0.2, 0) is 0 Å². The minimum atomic E-state index is -0.746. The maximum Gasteiger partial charge on any atom is 0.184 e. The molecule has 3 nitrogen and oxygen atoms in total. The molecule has 0 amide bonds. The monoisotopic (exact) mass is 227 g/mol. The molecule has 0 radical (unpaired) electrons. The second-order valence-electron chi connectivity index (χ2n) is 3.80. The smallest absolute Gasteiger partial charge is 0.184 e. The lowest BCUT2D eigenvalue weighted by Crippen LogP contribution is -2.21. The quantitative estimate of drug-likeness (QED) is 0.791. The number of hydrogen-bond acceptors (Lipinski definition) is 3. The Bertz CT molecular complexity index is 523. The van der Waals surface area contributed by atoms with Crippen LogP contribution in [0.1, 0.15) is 22.0 Å². The number of hydrogen-bond donors (Lipinski definition) is 2. The van der Waals surface area contributed by atoms with Gasteiger partial charge in [-0.25, -0.2) is 0 Å². The first-order valence-corrected chi connectivity index (χ1v) is 5.32. The van der Waals surface area contributed by atoms with Gasteiger partial charge in [0.25, 0.3) is 0 Å². The lowest BCUT2D eigenvalue weighted by molar-refractivity contribution is 0.0961. The van der Waals surface area contributed by atoms with Crippen LogP contribution < -0.4 is 5.73 Å². The van der Waals surface area contributed by atoms with Crippen LogP contribution in [0.25, 0.3) is 0 Å². The molecule has 2 aromatic rings. The maximum absolute atomic E-state index is 12.0. The Morgan fingerprint density at radius 2 is 1.76 bits per heavy atom. The van der Waals surface area contributed by atoms with Gasteiger partial charge in [-0.15, -0.1) is 0 Å². The number of Topliss-reactive ketones (excluding diaryl/α,β-unsaturated/α-hetero) is 1. The first-order chi connectivity index (χ1) is 8.18. The zero-order chi connectivity index (χ0) is 12.3. The van der Waals surface area contributed by atoms with Gasteiger partial charge in [-0.05, 0) is 17.7 Å². The highest BCUT2D eigenvalue weighted by Gasteiger charge is 2.17. The molecule has 0 heterocycles. The number of benzene rings is 2. The number of aromatic hydroxyl groups is 1. The summed E-state index contributed by atoms with van der Waals surface area (Å²) in [6, 6.07) is 14.6. The van der Waals surface area contributed by atoms with Crippen molar-refractivity contribution in [3.8, 4) is 5.75 Å². The van der Waals surface area contributed by atoms with Crippen molar-refractivity contribution in [2.75, 3.05) is 0 Å². The van der Waals surface area contributed by atoms with Gasteiger partial charge in [0.1, 0.15) is 5.75 Å². The van der Waals surface area contributed by atoms with Crippen LogP contribution in [0.15, 0.2) is 54.6 Å². The van der Waals surface area contributed by atoms with Crippen LogP contribution in [0.3, 0.4) is 0 Å². The summed E-state index contributed by atoms with van der Waals surface area (Å²) in [5.41, 5.74) is 7.06. The van der Waals surface area contributed by atoms with Crippen molar-refractivity contribution < 1.29 is 9.90 Å². The van der Waals surface area contributed by atoms with Gasteiger partial charge < -0.3 is 10.8 Å². The molecule has 0 bridgehead atoms. The van der Waals surface area contributed by atoms with E-state index in [1.807, 2.05) is 6.07 Å². The van der Waals surface area contributed by atoms with Gasteiger partial charge in [-0.2, -0.15) is 0 Å². The largest absolute Gasteiger partial charge is 0.508 e. The summed E-state index contributed by atoms with van der Waals surface area (Å²) in [5, 5.41) is 9.35. The fraction of sp³-hybridized carbons (Fsp3) is 0.0714. The van der Waals surface area contributed by atoms with Crippen LogP contribution in [0.4, 0.5) is 0 Å². The number of nitrogens with two attached hydrogens (primary N) is 1. The van der Waals surface area contributed by atoms with Crippen molar-refractivity contribution >= 4 is 5.78 Å². The van der Waals surface area contributed by atoms with Gasteiger partial charge in [-0.1, -0.05) is 42.5 Å². The molecule has 0 spiro atoms. The third-order valence-electron chi connectivity index (χ3n) is 2.57. The van der Waals surface area contributed by atoms with E-state index in [1.54, 1.807) is 42.5 Å². The number of phenols is 1. The molecule has 2 aromatic carbocycles. The van der Waals surface area contributed by atoms with Gasteiger partial charge in [0.15, 0.2) is 5.78 Å². The fourth-order valence-electron chi connectivity index (χ4n) is 1.65. The molecule has 0 saturated heterocycles. The van der Waals surface area contributed by atoms with Gasteiger partial charge in [0.05, 0.1) is 6.04 Å². The average molecular weight is 227 g/mol. The lowest BCUT2D eigenvalue weighted by Gasteiger charge is -2.11. The van der Waals surface area contributed by atoms with E-state index >= 15 is 0 Å². The summed E-state index contributed by atoms with van der Waals surface area (Å²) < 4.78 is 0. The van der Waals surface area contributed by atoms with E-state index in [-0.39, 0.29) is 11.5 Å². The Labute approximate surface area is 99.5 Å². The van der Waals surface area contributed by atoms with E-state index in [1.165, 1.54) is 6.07 Å². The molecule has 17 heavy (non-hydrogen) atoms. The number of carbonyl (C=O) groups excluding carboxylic acids is 1. The van der Waals surface area contributed by atoms with Gasteiger partial charge in [0.2, 0.25) is 0 Å². The normalized spacial score (nSPS) is 12.1. The molecule has 0 aliphatic carbocycles. The molecular weight excluding hydrogens is 214 g/mol. The van der Waals surface area contributed by atoms with E-state index in [0.717, 1.165) is 0 Å². The predicted molar refractivity (Wildman–Crippen MR) is 65.8 cm³/mol. The van der Waals surface area contributed by atoms with Gasteiger partial charge in [-0.3, -0.25) is 4.79 Å². The second kappa shape index (κ2) is 4.80. The summed E-state index contributed by atoms with van der Waals surface area (Å²) in [6.45, 7) is 0. The number of ketones is 1. The first kappa shape index (κ1) is 11.4. The molecule has 86 valence electrons. The Morgan fingerprint density at radius 3 is 2.41 bits per heavy atom. The molecule has 0 aromatic heterocycles. The predicted octanol–water partition coefficient (Wildman–Crippen LogP) is 2.27. The SMILES string of the molecule is NC(C(=O)c1ccccc1)c1cccc(O)c1. The summed E-state index contributed by atoms with van der Waals surface area (Å²) in [6.07, 6.45) is 0. The molecule has 1 atom stereocenters. The minimum absolute atomic E-state index is 0.110. The molecule has 0 saturated carbocycles. The topological polar surface area (TPSA) is 63.3 Å². The fourth-order valence-corrected chi connectivity index (χ4v) is 1.65. The number of rotatable bonds is 3. The van der Waals surface area contributed by atoms with Crippen molar-refractivity contribution in [1.82, 2.24) is 0 Å². The Kier molecular flexibility index (Phi) is 3.21. The highest BCUT2D eigenvalue weighted by atomic mass is 16.3. The summed E-state index contributed by atoms with van der Waals surface area (Å²) in [4.78, 5) is 12.0. The lowest BCUT2D eigenvalue weighted by atomic mass is 9.98. The zero-order valence-corrected chi connectivity index (χ0v) is 9.21. The Morgan fingerprint density at radius 1 is 1.06 bits per heavy atom. The molecule has 3 heteroatoms. The first-order valence-electron chi connectivity index (χ1n) is 5.32. The van der Waals surface area contributed by atoms with Crippen molar-refractivity contribution in [2.45, 2.75) is 6.04 Å². The van der Waals surface area contributed by atoms with Crippen LogP contribution in [0.5, 0.6) is 5.75 Å². The highest BCUT2D eigenvalue weighted by Crippen LogP contribution is 2.19. The van der Waals surface area contributed by atoms with Crippen LogP contribution in [0, 0.1) is 0 Å². The highest BCUT2D eigenvalue weighted by molar-refractivity contribution is 6.00. The van der Waals surface area contributed by atoms with E-state index in [2.05, 4.69) is 0 Å². The van der Waals surface area contributed by atoms with Crippen molar-refractivity contribution in [3.05, 3.63) is 65.7 Å². The molecule has 0 aliphatic heterocycles. The third kappa shape index (κ3) is 2.52. The average Bonchev–Trinajstić information content (AvgIpc) is 2.38. The summed E-state index contributed by atoms with van der Waals surface area (Å²) in [5.74, 6) is -0.0463. The van der Waals surface area contributed by atoms with Crippen molar-refractivity contribution in [3.63, 3.8) is 0 Å². The van der Waals surface area contributed by atoms with Gasteiger partial charge in [0, 0.05) is 5.56 Å². The standard InChI is InChI=1S/C14H13NO2/c15-13(11-7-4-8-12(16)9-11)14(17)10-5-2-1-3-6-10/h1-9,13,16H,15H2. The van der Waals surface area contributed by atoms with E-state index in [4.69, 9.17) is 5.73 Å². The molecule has 2 rings (SSSR count). The van der Waals surface area contributed by atoms with E-state index in [9.17, 15) is 9.90 Å². The van der Waals surface area contributed by atoms with E-state index < -0.39 is 6.04 Å². The van der Waals surface area contributed by atoms with Crippen LogP contribution in [0.2, 0.25) is 0 Å². The Balaban J connectivity index is 2.27. The van der Waals surface area contributed by atoms with Crippen molar-refractivity contribution in [1.29, 1.82) is 0 Å². The molecule has 0 aliphatic rings.